The largest absolute Gasteiger partial charge is 0.490 e. The highest BCUT2D eigenvalue weighted by Crippen LogP contribution is 2.38. The van der Waals surface area contributed by atoms with E-state index in [0.717, 1.165) is 52.0 Å². The quantitative estimate of drug-likeness (QED) is 0.694. The summed E-state index contributed by atoms with van der Waals surface area (Å²) >= 11 is 0. The van der Waals surface area contributed by atoms with Gasteiger partial charge >= 0.3 is 12.1 Å². The molecule has 3 heterocycles. The maximum atomic E-state index is 12.9. The summed E-state index contributed by atoms with van der Waals surface area (Å²) in [6.45, 7) is 7.99. The molecule has 3 saturated heterocycles. The van der Waals surface area contributed by atoms with Gasteiger partial charge in [-0.15, -0.1) is 0 Å². The molecule has 4 aliphatic rings. The lowest BCUT2D eigenvalue weighted by Crippen LogP contribution is -2.47. The van der Waals surface area contributed by atoms with Crippen molar-refractivity contribution in [3.05, 3.63) is 0 Å². The third kappa shape index (κ3) is 6.32. The molecule has 0 aromatic carbocycles. The van der Waals surface area contributed by atoms with Crippen LogP contribution in [0.15, 0.2) is 0 Å². The molecule has 1 amide bonds. The molecular weight excluding hydrogens is 417 g/mol. The van der Waals surface area contributed by atoms with Crippen LogP contribution in [0.2, 0.25) is 0 Å². The molecule has 1 N–H and O–H groups in total. The molecule has 31 heavy (non-hydrogen) atoms. The summed E-state index contributed by atoms with van der Waals surface area (Å²) in [5.74, 6) is -1.43. The van der Waals surface area contributed by atoms with E-state index in [-0.39, 0.29) is 24.2 Å². The van der Waals surface area contributed by atoms with Gasteiger partial charge < -0.3 is 24.4 Å². The Morgan fingerprint density at radius 3 is 2.39 bits per heavy atom. The summed E-state index contributed by atoms with van der Waals surface area (Å²) in [6.07, 6.45) is 1.98. The third-order valence-electron chi connectivity index (χ3n) is 6.66. The number of carboxylic acid groups (broad SMARTS) is 1. The number of carboxylic acids is 1. The van der Waals surface area contributed by atoms with Crippen LogP contribution in [-0.4, -0.2) is 90.6 Å². The topological polar surface area (TPSA) is 79.3 Å². The first-order valence-electron chi connectivity index (χ1n) is 11.2. The number of alkyl halides is 3. The third-order valence-corrected chi connectivity index (χ3v) is 6.66. The average Bonchev–Trinajstić information content (AvgIpc) is 3.33. The van der Waals surface area contributed by atoms with Gasteiger partial charge in [0.1, 0.15) is 12.2 Å². The van der Waals surface area contributed by atoms with Crippen molar-refractivity contribution in [2.75, 3.05) is 39.4 Å². The normalized spacial score (nSPS) is 33.3. The van der Waals surface area contributed by atoms with Gasteiger partial charge in [-0.25, -0.2) is 4.79 Å². The molecule has 0 aromatic rings. The minimum Gasteiger partial charge on any atom is -0.475 e. The Hall–Kier alpha value is -1.39. The summed E-state index contributed by atoms with van der Waals surface area (Å²) in [7, 11) is 0. The van der Waals surface area contributed by atoms with E-state index >= 15 is 0 Å². The zero-order valence-corrected chi connectivity index (χ0v) is 18.0. The zero-order valence-electron chi connectivity index (χ0n) is 18.0. The Balaban J connectivity index is 0.000000339. The number of carbonyl (C=O) groups excluding carboxylic acids is 1. The van der Waals surface area contributed by atoms with Gasteiger partial charge in [-0.3, -0.25) is 4.79 Å². The second-order valence-electron chi connectivity index (χ2n) is 9.07. The molecule has 178 valence electrons. The lowest BCUT2D eigenvalue weighted by Gasteiger charge is -2.38. The fourth-order valence-corrected chi connectivity index (χ4v) is 4.99. The van der Waals surface area contributed by atoms with Crippen LogP contribution >= 0.6 is 0 Å². The maximum absolute atomic E-state index is 12.9. The van der Waals surface area contributed by atoms with Gasteiger partial charge in [-0.05, 0) is 57.5 Å². The Morgan fingerprint density at radius 1 is 1.16 bits per heavy atom. The highest BCUT2D eigenvalue weighted by Gasteiger charge is 2.49. The molecule has 3 atom stereocenters. The highest BCUT2D eigenvalue weighted by molar-refractivity contribution is 5.80. The lowest BCUT2D eigenvalue weighted by atomic mass is 9.75. The van der Waals surface area contributed by atoms with E-state index in [1.807, 2.05) is 0 Å². The number of ether oxygens (including phenoxy) is 2. The summed E-state index contributed by atoms with van der Waals surface area (Å²) in [4.78, 5) is 26.3. The predicted molar refractivity (Wildman–Crippen MR) is 105 cm³/mol. The van der Waals surface area contributed by atoms with E-state index < -0.39 is 12.1 Å². The Bertz CT molecular complexity index is 621. The summed E-state index contributed by atoms with van der Waals surface area (Å²) in [5, 5.41) is 7.12. The first-order valence-corrected chi connectivity index (χ1v) is 11.2. The van der Waals surface area contributed by atoms with E-state index in [9.17, 15) is 18.0 Å². The van der Waals surface area contributed by atoms with Crippen molar-refractivity contribution in [1.29, 1.82) is 0 Å². The first kappa shape index (κ1) is 24.3. The molecule has 1 saturated carbocycles. The number of likely N-dealkylation sites (tertiary alicyclic amines) is 2. The monoisotopic (exact) mass is 450 g/mol. The number of halogens is 3. The maximum Gasteiger partial charge on any atom is 0.490 e. The van der Waals surface area contributed by atoms with Crippen molar-refractivity contribution in [3.8, 4) is 0 Å². The number of rotatable bonds is 5. The SMILES string of the molecule is CC1CC(C(=O)N2C[C@H](OCCN3CCCC3)[C@H]3OCCC[C@H]32)C1.O=C(O)C(F)(F)F. The number of amides is 1. The molecule has 7 nitrogen and oxygen atoms in total. The fraction of sp³-hybridized carbons (Fsp3) is 0.905. The van der Waals surface area contributed by atoms with Crippen LogP contribution in [0.3, 0.4) is 0 Å². The molecule has 0 spiro atoms. The van der Waals surface area contributed by atoms with Crippen molar-refractivity contribution >= 4 is 11.9 Å². The molecule has 0 unspecified atom stereocenters. The van der Waals surface area contributed by atoms with E-state index in [4.69, 9.17) is 19.4 Å². The van der Waals surface area contributed by atoms with Gasteiger partial charge in [0.05, 0.1) is 12.6 Å². The van der Waals surface area contributed by atoms with Crippen LogP contribution < -0.4 is 0 Å². The van der Waals surface area contributed by atoms with Gasteiger partial charge in [0.25, 0.3) is 0 Å². The van der Waals surface area contributed by atoms with Gasteiger partial charge in [0, 0.05) is 25.6 Å². The predicted octanol–water partition coefficient (Wildman–Crippen LogP) is 2.54. The molecule has 3 aliphatic heterocycles. The number of fused-ring (bicyclic) bond motifs is 1. The van der Waals surface area contributed by atoms with Crippen molar-refractivity contribution in [1.82, 2.24) is 9.80 Å². The average molecular weight is 450 g/mol. The van der Waals surface area contributed by atoms with E-state index in [0.29, 0.717) is 11.8 Å². The molecule has 0 bridgehead atoms. The Morgan fingerprint density at radius 2 is 1.81 bits per heavy atom. The second-order valence-corrected chi connectivity index (χ2v) is 9.07. The molecule has 0 aromatic heterocycles. The standard InChI is InChI=1S/C19H32N2O3.C2HF3O2/c1-14-11-15(12-14)19(22)21-13-17(18-16(21)5-4-9-24-18)23-10-8-20-6-2-3-7-20;3-2(4,5)1(6)7/h14-18H,2-13H2,1H3;(H,6,7)/t14?,15?,16-,17+,18+;/m1./s1. The minimum atomic E-state index is -5.08. The minimum absolute atomic E-state index is 0.0688. The van der Waals surface area contributed by atoms with Crippen LogP contribution in [0.4, 0.5) is 13.2 Å². The van der Waals surface area contributed by atoms with Crippen LogP contribution in [0, 0.1) is 11.8 Å². The Labute approximate surface area is 180 Å². The van der Waals surface area contributed by atoms with Crippen LogP contribution in [0.5, 0.6) is 0 Å². The molecule has 1 aliphatic carbocycles. The van der Waals surface area contributed by atoms with Gasteiger partial charge in [-0.1, -0.05) is 6.92 Å². The lowest BCUT2D eigenvalue weighted by molar-refractivity contribution is -0.192. The molecule has 4 fully saturated rings. The second kappa shape index (κ2) is 10.5. The number of nitrogens with zero attached hydrogens (tertiary/aromatic N) is 2. The Kier molecular flexibility index (Phi) is 8.20. The van der Waals surface area contributed by atoms with E-state index in [1.54, 1.807) is 0 Å². The van der Waals surface area contributed by atoms with Gasteiger partial charge in [0.15, 0.2) is 0 Å². The number of aliphatic carboxylic acids is 1. The van der Waals surface area contributed by atoms with Crippen LogP contribution in [-0.2, 0) is 19.1 Å². The zero-order chi connectivity index (χ0) is 22.6. The van der Waals surface area contributed by atoms with Crippen molar-refractivity contribution in [3.63, 3.8) is 0 Å². The summed E-state index contributed by atoms with van der Waals surface area (Å²) in [6, 6.07) is 0.249. The van der Waals surface area contributed by atoms with E-state index in [1.165, 1.54) is 25.9 Å². The summed E-state index contributed by atoms with van der Waals surface area (Å²) < 4.78 is 44.0. The highest BCUT2D eigenvalue weighted by atomic mass is 19.4. The van der Waals surface area contributed by atoms with E-state index in [2.05, 4.69) is 16.7 Å². The first-order chi connectivity index (χ1) is 14.7. The van der Waals surface area contributed by atoms with Crippen molar-refractivity contribution in [2.24, 2.45) is 11.8 Å². The number of hydrogen-bond acceptors (Lipinski definition) is 5. The van der Waals surface area contributed by atoms with Crippen molar-refractivity contribution < 1.29 is 37.3 Å². The molecule has 0 radical (unpaired) electrons. The molecule has 4 rings (SSSR count). The smallest absolute Gasteiger partial charge is 0.475 e. The van der Waals surface area contributed by atoms with Gasteiger partial charge in [0.2, 0.25) is 5.91 Å². The van der Waals surface area contributed by atoms with Crippen molar-refractivity contribution in [2.45, 2.75) is 69.9 Å². The number of carbonyl (C=O) groups is 2. The summed E-state index contributed by atoms with van der Waals surface area (Å²) in [5.41, 5.74) is 0. The fourth-order valence-electron chi connectivity index (χ4n) is 4.99. The van der Waals surface area contributed by atoms with Crippen LogP contribution in [0.1, 0.15) is 45.4 Å². The number of hydrogen-bond donors (Lipinski definition) is 1. The van der Waals surface area contributed by atoms with Gasteiger partial charge in [-0.2, -0.15) is 13.2 Å². The molecular formula is C21H33F3N2O5. The van der Waals surface area contributed by atoms with Crippen LogP contribution in [0.25, 0.3) is 0 Å². The molecule has 10 heteroatoms.